The Hall–Kier alpha value is -2.62. The van der Waals surface area contributed by atoms with E-state index in [2.05, 4.69) is 31.9 Å². The summed E-state index contributed by atoms with van der Waals surface area (Å²) in [5.41, 5.74) is 2.26. The lowest BCUT2D eigenvalue weighted by atomic mass is 9.94. The largest absolute Gasteiger partial charge is 0.420 e. The third-order valence-corrected chi connectivity index (χ3v) is 5.79. The monoisotopic (exact) mass is 433 g/mol. The fourth-order valence-electron chi connectivity index (χ4n) is 3.98. The molecule has 10 heteroatoms. The van der Waals surface area contributed by atoms with E-state index in [-0.39, 0.29) is 10.8 Å². The molecule has 0 saturated heterocycles. The number of hydrogen-bond acceptors (Lipinski definition) is 3. The Morgan fingerprint density at radius 2 is 2.07 bits per heavy atom. The number of hydrogen-bond donors (Lipinski definition) is 2. The molecule has 3 aromatic heterocycles. The number of alkyl halides is 3. The molecular weight excluding hydrogens is 417 g/mol. The van der Waals surface area contributed by atoms with Crippen LogP contribution in [0.1, 0.15) is 23.7 Å². The van der Waals surface area contributed by atoms with E-state index in [1.807, 2.05) is 6.08 Å². The molecule has 0 bridgehead atoms. The molecule has 1 atom stereocenters. The fraction of sp³-hybridized carbons (Fsp3) is 0.300. The van der Waals surface area contributed by atoms with Crippen LogP contribution in [0.2, 0.25) is 5.15 Å². The zero-order valence-corrected chi connectivity index (χ0v) is 16.4. The average molecular weight is 434 g/mol. The average Bonchev–Trinajstić information content (AvgIpc) is 3.48. The molecule has 0 spiro atoms. The molecule has 5 rings (SSSR count). The molecule has 0 aliphatic carbocycles. The third kappa shape index (κ3) is 3.23. The minimum Gasteiger partial charge on any atom is -0.313 e. The number of aromatic amines is 1. The number of imidazole rings is 1. The summed E-state index contributed by atoms with van der Waals surface area (Å²) in [4.78, 5) is 4.34. The van der Waals surface area contributed by atoms with Gasteiger partial charge in [0.25, 0.3) is 0 Å². The van der Waals surface area contributed by atoms with Crippen molar-refractivity contribution in [3.63, 3.8) is 0 Å². The maximum absolute atomic E-state index is 13.9. The predicted molar refractivity (Wildman–Crippen MR) is 106 cm³/mol. The molecule has 2 aliphatic rings. The Balaban J connectivity index is 1.67. The van der Waals surface area contributed by atoms with Gasteiger partial charge in [0.15, 0.2) is 5.65 Å². The Labute approximate surface area is 174 Å². The van der Waals surface area contributed by atoms with E-state index in [0.29, 0.717) is 23.4 Å². The second-order valence-corrected chi connectivity index (χ2v) is 7.58. The van der Waals surface area contributed by atoms with Crippen LogP contribution in [-0.2, 0) is 6.18 Å². The van der Waals surface area contributed by atoms with Gasteiger partial charge in [-0.15, -0.1) is 0 Å². The summed E-state index contributed by atoms with van der Waals surface area (Å²) in [7, 11) is 0. The van der Waals surface area contributed by atoms with Gasteiger partial charge in [-0.05, 0) is 30.2 Å². The highest BCUT2D eigenvalue weighted by Gasteiger charge is 2.37. The van der Waals surface area contributed by atoms with Gasteiger partial charge in [-0.1, -0.05) is 23.8 Å². The number of nitrogens with one attached hydrogen (secondary N) is 2. The molecule has 2 N–H and O–H groups in total. The van der Waals surface area contributed by atoms with Gasteiger partial charge in [-0.3, -0.25) is 9.50 Å². The number of nitrogens with zero attached hydrogens (tertiary/aromatic N) is 4. The van der Waals surface area contributed by atoms with Crippen molar-refractivity contribution in [1.29, 1.82) is 0 Å². The van der Waals surface area contributed by atoms with E-state index in [9.17, 15) is 13.2 Å². The number of halogens is 4. The minimum absolute atomic E-state index is 0.136. The molecule has 5 heterocycles. The number of H-pyrrole nitrogens is 1. The number of fused-ring (bicyclic) bond motifs is 1. The van der Waals surface area contributed by atoms with Crippen LogP contribution in [0.5, 0.6) is 0 Å². The van der Waals surface area contributed by atoms with E-state index < -0.39 is 17.8 Å². The van der Waals surface area contributed by atoms with Crippen LogP contribution in [0.15, 0.2) is 48.0 Å². The summed E-state index contributed by atoms with van der Waals surface area (Å²) in [5.74, 6) is 0. The molecule has 0 fully saturated rings. The van der Waals surface area contributed by atoms with Gasteiger partial charge < -0.3 is 5.32 Å². The van der Waals surface area contributed by atoms with Gasteiger partial charge in [0.2, 0.25) is 0 Å². The summed E-state index contributed by atoms with van der Waals surface area (Å²) in [5, 5.41) is 14.4. The van der Waals surface area contributed by atoms with Crippen molar-refractivity contribution in [2.75, 3.05) is 19.6 Å². The second-order valence-electron chi connectivity index (χ2n) is 7.22. The molecule has 0 aromatic carbocycles. The van der Waals surface area contributed by atoms with Crippen molar-refractivity contribution in [2.45, 2.75) is 18.6 Å². The van der Waals surface area contributed by atoms with Crippen molar-refractivity contribution in [2.24, 2.45) is 0 Å². The van der Waals surface area contributed by atoms with Gasteiger partial charge in [-0.25, -0.2) is 10.3 Å². The van der Waals surface area contributed by atoms with Crippen LogP contribution < -0.4 is 10.6 Å². The Morgan fingerprint density at radius 3 is 2.77 bits per heavy atom. The molecule has 0 saturated carbocycles. The normalized spacial score (nSPS) is 19.9. The molecule has 3 aromatic rings. The zero-order chi connectivity index (χ0) is 20.9. The first kappa shape index (κ1) is 19.3. The smallest absolute Gasteiger partial charge is 0.313 e. The SMILES string of the molecule is FC(F)(F)c1cc(-c2cn[nH]c2)cn2c(Cl)c(C3[N]CC=C3C3=CCNCC3)nc12. The van der Waals surface area contributed by atoms with Crippen LogP contribution in [0, 0.1) is 0 Å². The maximum Gasteiger partial charge on any atom is 0.420 e. The summed E-state index contributed by atoms with van der Waals surface area (Å²) in [6.07, 6.45) is 4.88. The van der Waals surface area contributed by atoms with Gasteiger partial charge in [-0.2, -0.15) is 18.3 Å². The van der Waals surface area contributed by atoms with E-state index in [1.165, 1.54) is 16.8 Å². The van der Waals surface area contributed by atoms with Crippen LogP contribution in [0.25, 0.3) is 16.8 Å². The zero-order valence-electron chi connectivity index (χ0n) is 15.7. The number of rotatable bonds is 3. The molecule has 6 nitrogen and oxygen atoms in total. The first-order valence-corrected chi connectivity index (χ1v) is 9.86. The molecular formula is C20H17ClF3N6. The lowest BCUT2D eigenvalue weighted by molar-refractivity contribution is -0.136. The van der Waals surface area contributed by atoms with Crippen molar-refractivity contribution >= 4 is 17.2 Å². The molecule has 1 radical (unpaired) electrons. The van der Waals surface area contributed by atoms with Crippen LogP contribution in [0.3, 0.4) is 0 Å². The lowest BCUT2D eigenvalue weighted by Crippen LogP contribution is -2.22. The molecule has 155 valence electrons. The highest BCUT2D eigenvalue weighted by molar-refractivity contribution is 6.30. The summed E-state index contributed by atoms with van der Waals surface area (Å²) < 4.78 is 42.9. The van der Waals surface area contributed by atoms with E-state index in [4.69, 9.17) is 11.6 Å². The maximum atomic E-state index is 13.9. The Morgan fingerprint density at radius 1 is 1.20 bits per heavy atom. The number of pyridine rings is 1. The standard InChI is InChI=1S/C20H17ClF3N6/c21-18-17(16-14(3-6-26-16)11-1-4-25-5-2-11)29-19-15(20(22,23)24)7-12(10-30(18)19)13-8-27-28-9-13/h1,3,7-10,16,25H,2,4-6H2,(H,27,28). The van der Waals surface area contributed by atoms with Crippen LogP contribution >= 0.6 is 11.6 Å². The highest BCUT2D eigenvalue weighted by Crippen LogP contribution is 2.41. The Kier molecular flexibility index (Phi) is 4.68. The van der Waals surface area contributed by atoms with Crippen molar-refractivity contribution in [3.05, 3.63) is 64.4 Å². The first-order chi connectivity index (χ1) is 14.4. The van der Waals surface area contributed by atoms with Gasteiger partial charge in [0, 0.05) is 36.6 Å². The van der Waals surface area contributed by atoms with Crippen LogP contribution in [0.4, 0.5) is 13.2 Å². The summed E-state index contributed by atoms with van der Waals surface area (Å²) in [6.45, 7) is 2.09. The Bertz CT molecular complexity index is 1160. The quantitative estimate of drug-likeness (QED) is 0.658. The van der Waals surface area contributed by atoms with E-state index in [1.54, 1.807) is 6.20 Å². The first-order valence-electron chi connectivity index (χ1n) is 9.48. The number of aromatic nitrogens is 4. The second kappa shape index (κ2) is 7.26. The molecule has 30 heavy (non-hydrogen) atoms. The van der Waals surface area contributed by atoms with Gasteiger partial charge in [0.1, 0.15) is 10.8 Å². The van der Waals surface area contributed by atoms with E-state index in [0.717, 1.165) is 36.7 Å². The topological polar surface area (TPSA) is 72.1 Å². The molecule has 1 unspecified atom stereocenters. The van der Waals surface area contributed by atoms with Crippen molar-refractivity contribution < 1.29 is 13.2 Å². The summed E-state index contributed by atoms with van der Waals surface area (Å²) in [6, 6.07) is 0.603. The fourth-order valence-corrected chi connectivity index (χ4v) is 4.25. The van der Waals surface area contributed by atoms with Crippen molar-refractivity contribution in [1.82, 2.24) is 30.2 Å². The van der Waals surface area contributed by atoms with Gasteiger partial charge in [0.05, 0.1) is 17.8 Å². The van der Waals surface area contributed by atoms with E-state index >= 15 is 0 Å². The third-order valence-electron chi connectivity index (χ3n) is 5.41. The van der Waals surface area contributed by atoms with Crippen molar-refractivity contribution in [3.8, 4) is 11.1 Å². The van der Waals surface area contributed by atoms with Gasteiger partial charge >= 0.3 is 6.18 Å². The summed E-state index contributed by atoms with van der Waals surface area (Å²) >= 11 is 6.59. The minimum atomic E-state index is -4.59. The highest BCUT2D eigenvalue weighted by atomic mass is 35.5. The lowest BCUT2D eigenvalue weighted by Gasteiger charge is -2.19. The molecule has 2 aliphatic heterocycles. The van der Waals surface area contributed by atoms with Crippen LogP contribution in [-0.4, -0.2) is 39.2 Å². The molecule has 0 amide bonds. The predicted octanol–water partition coefficient (Wildman–Crippen LogP) is 3.90.